The topological polar surface area (TPSA) is 98.8 Å². The number of amides is 1. The molecule has 152 valence electrons. The van der Waals surface area contributed by atoms with Crippen molar-refractivity contribution < 1.29 is 26.9 Å². The lowest BCUT2D eigenvalue weighted by molar-refractivity contribution is -0.140. The van der Waals surface area contributed by atoms with Crippen molar-refractivity contribution in [3.8, 4) is 0 Å². The maximum absolute atomic E-state index is 12.4. The van der Waals surface area contributed by atoms with Crippen molar-refractivity contribution in [1.82, 2.24) is 5.32 Å². The van der Waals surface area contributed by atoms with Crippen LogP contribution in [0, 0.1) is 0 Å². The number of carbonyl (C=O) groups excluding carboxylic acids is 2. The van der Waals surface area contributed by atoms with Gasteiger partial charge in [-0.25, -0.2) is 0 Å². The van der Waals surface area contributed by atoms with Gasteiger partial charge in [-0.15, -0.1) is 0 Å². The highest BCUT2D eigenvalue weighted by atomic mass is 32.2. The van der Waals surface area contributed by atoms with Crippen molar-refractivity contribution >= 4 is 21.8 Å². The van der Waals surface area contributed by atoms with Crippen molar-refractivity contribution in [3.05, 3.63) is 35.9 Å². The van der Waals surface area contributed by atoms with Crippen molar-refractivity contribution in [2.75, 3.05) is 20.0 Å². The molecule has 0 fully saturated rings. The number of ketones is 1. The van der Waals surface area contributed by atoms with Crippen LogP contribution in [0.4, 0.5) is 0 Å². The number of ether oxygens (including phenoxy) is 1. The Hall–Kier alpha value is -1.77. The number of nitrogens with one attached hydrogen (secondary N) is 1. The summed E-state index contributed by atoms with van der Waals surface area (Å²) < 4.78 is 33.2. The fourth-order valence-corrected chi connectivity index (χ4v) is 4.00. The van der Waals surface area contributed by atoms with Crippen LogP contribution in [-0.2, 0) is 35.0 Å². The van der Waals surface area contributed by atoms with Gasteiger partial charge in [-0.3, -0.25) is 13.8 Å². The SMILES string of the molecule is COC(CCC(=O)NC(C)(C)CS(=O)(=O)OC)(Cc1ccccc1)C(C)=O. The highest BCUT2D eigenvalue weighted by molar-refractivity contribution is 7.86. The number of carbonyl (C=O) groups is 2. The van der Waals surface area contributed by atoms with Gasteiger partial charge in [0.2, 0.25) is 5.91 Å². The Kier molecular flexibility index (Phi) is 8.13. The zero-order valence-corrected chi connectivity index (χ0v) is 17.4. The summed E-state index contributed by atoms with van der Waals surface area (Å²) in [6, 6.07) is 9.43. The van der Waals surface area contributed by atoms with Gasteiger partial charge in [-0.1, -0.05) is 30.3 Å². The molecule has 0 aliphatic rings. The van der Waals surface area contributed by atoms with Gasteiger partial charge in [-0.05, 0) is 32.8 Å². The average Bonchev–Trinajstić information content (AvgIpc) is 2.58. The van der Waals surface area contributed by atoms with Crippen molar-refractivity contribution in [2.24, 2.45) is 0 Å². The Bertz CT molecular complexity index is 745. The molecule has 1 aromatic carbocycles. The summed E-state index contributed by atoms with van der Waals surface area (Å²) in [4.78, 5) is 24.6. The molecule has 7 nitrogen and oxygen atoms in total. The lowest BCUT2D eigenvalue weighted by Crippen LogP contribution is -2.49. The second kappa shape index (κ2) is 9.43. The van der Waals surface area contributed by atoms with E-state index in [2.05, 4.69) is 9.50 Å². The van der Waals surface area contributed by atoms with Crippen LogP contribution in [0.2, 0.25) is 0 Å². The van der Waals surface area contributed by atoms with Gasteiger partial charge in [0.05, 0.1) is 18.4 Å². The molecule has 0 aliphatic heterocycles. The molecule has 1 N–H and O–H groups in total. The highest BCUT2D eigenvalue weighted by Crippen LogP contribution is 2.25. The largest absolute Gasteiger partial charge is 0.370 e. The van der Waals surface area contributed by atoms with Crippen molar-refractivity contribution in [3.63, 3.8) is 0 Å². The molecule has 1 rings (SSSR count). The van der Waals surface area contributed by atoms with Crippen LogP contribution in [-0.4, -0.2) is 51.2 Å². The molecule has 0 saturated heterocycles. The molecule has 0 heterocycles. The summed E-state index contributed by atoms with van der Waals surface area (Å²) in [5.41, 5.74) is -1.18. The minimum absolute atomic E-state index is 0.0245. The van der Waals surface area contributed by atoms with Crippen LogP contribution in [0.15, 0.2) is 30.3 Å². The van der Waals surface area contributed by atoms with E-state index in [-0.39, 0.29) is 30.3 Å². The molecule has 0 saturated carbocycles. The lowest BCUT2D eigenvalue weighted by Gasteiger charge is -2.31. The van der Waals surface area contributed by atoms with E-state index in [1.165, 1.54) is 14.0 Å². The third-order valence-corrected chi connectivity index (χ3v) is 5.97. The minimum atomic E-state index is -3.72. The summed E-state index contributed by atoms with van der Waals surface area (Å²) in [6.45, 7) is 4.64. The van der Waals surface area contributed by atoms with E-state index >= 15 is 0 Å². The van der Waals surface area contributed by atoms with E-state index in [1.807, 2.05) is 30.3 Å². The predicted octanol–water partition coefficient (Wildman–Crippen LogP) is 1.85. The molecule has 1 aromatic rings. The molecule has 27 heavy (non-hydrogen) atoms. The van der Waals surface area contributed by atoms with Gasteiger partial charge in [0.25, 0.3) is 10.1 Å². The molecule has 0 bridgehead atoms. The van der Waals surface area contributed by atoms with Gasteiger partial charge >= 0.3 is 0 Å². The Balaban J connectivity index is 2.80. The van der Waals surface area contributed by atoms with Crippen molar-refractivity contribution in [2.45, 2.75) is 51.2 Å². The summed E-state index contributed by atoms with van der Waals surface area (Å²) in [5.74, 6) is -0.876. The first-order valence-corrected chi connectivity index (χ1v) is 10.2. The van der Waals surface area contributed by atoms with Gasteiger partial charge < -0.3 is 10.1 Å². The smallest absolute Gasteiger partial charge is 0.269 e. The van der Waals surface area contributed by atoms with Crippen LogP contribution in [0.3, 0.4) is 0 Å². The van der Waals surface area contributed by atoms with E-state index < -0.39 is 21.3 Å². The van der Waals surface area contributed by atoms with E-state index in [4.69, 9.17) is 4.74 Å². The van der Waals surface area contributed by atoms with Crippen LogP contribution < -0.4 is 5.32 Å². The van der Waals surface area contributed by atoms with Crippen molar-refractivity contribution in [1.29, 1.82) is 0 Å². The monoisotopic (exact) mass is 399 g/mol. The van der Waals surface area contributed by atoms with E-state index in [0.717, 1.165) is 12.7 Å². The summed E-state index contributed by atoms with van der Waals surface area (Å²) in [6.07, 6.45) is 0.567. The Labute approximate surface area is 161 Å². The Morgan fingerprint density at radius 2 is 1.70 bits per heavy atom. The fraction of sp³-hybridized carbons (Fsp3) is 0.579. The molecular formula is C19H29NO6S. The number of hydrogen-bond acceptors (Lipinski definition) is 6. The van der Waals surface area contributed by atoms with Crippen LogP contribution in [0.25, 0.3) is 0 Å². The third kappa shape index (κ3) is 7.40. The minimum Gasteiger partial charge on any atom is -0.370 e. The van der Waals surface area contributed by atoms with Gasteiger partial charge in [0.1, 0.15) is 5.60 Å². The quantitative estimate of drug-likeness (QED) is 0.570. The summed E-state index contributed by atoms with van der Waals surface area (Å²) in [5, 5.41) is 2.68. The lowest BCUT2D eigenvalue weighted by atomic mass is 9.86. The van der Waals surface area contributed by atoms with E-state index in [0.29, 0.717) is 6.42 Å². The van der Waals surface area contributed by atoms with Crippen LogP contribution in [0.5, 0.6) is 0 Å². The average molecular weight is 400 g/mol. The highest BCUT2D eigenvalue weighted by Gasteiger charge is 2.36. The molecular weight excluding hydrogens is 370 g/mol. The third-order valence-electron chi connectivity index (χ3n) is 4.39. The molecule has 8 heteroatoms. The molecule has 0 aromatic heterocycles. The maximum Gasteiger partial charge on any atom is 0.269 e. The first-order valence-electron chi connectivity index (χ1n) is 8.65. The standard InChI is InChI=1S/C19H29NO6S/c1-15(21)19(25-4,13-16-9-7-6-8-10-16)12-11-17(22)20-18(2,3)14-27(23,24)26-5/h6-10H,11-14H2,1-5H3,(H,20,22). The maximum atomic E-state index is 12.4. The van der Waals surface area contributed by atoms with E-state index in [9.17, 15) is 18.0 Å². The second-order valence-corrected chi connectivity index (χ2v) is 8.96. The summed E-state index contributed by atoms with van der Waals surface area (Å²) >= 11 is 0. The molecule has 1 atom stereocenters. The zero-order chi connectivity index (χ0) is 20.7. The molecule has 1 amide bonds. The normalized spacial score (nSPS) is 14.4. The van der Waals surface area contributed by atoms with Gasteiger partial charge in [0.15, 0.2) is 5.78 Å². The van der Waals surface area contributed by atoms with E-state index in [1.54, 1.807) is 13.8 Å². The number of Topliss-reactive ketones (excluding diaryl/α,β-unsaturated/α-hetero) is 1. The number of benzene rings is 1. The first-order chi connectivity index (χ1) is 12.5. The predicted molar refractivity (Wildman–Crippen MR) is 103 cm³/mol. The fourth-order valence-electron chi connectivity index (χ4n) is 2.92. The Morgan fingerprint density at radius 1 is 1.11 bits per heavy atom. The molecule has 0 aliphatic carbocycles. The molecule has 0 spiro atoms. The number of methoxy groups -OCH3 is 1. The van der Waals surface area contributed by atoms with Crippen LogP contribution >= 0.6 is 0 Å². The Morgan fingerprint density at radius 3 is 2.19 bits per heavy atom. The zero-order valence-electron chi connectivity index (χ0n) is 16.6. The van der Waals surface area contributed by atoms with Gasteiger partial charge in [0, 0.05) is 20.0 Å². The number of rotatable bonds is 11. The first kappa shape index (κ1) is 23.3. The number of hydrogen-bond donors (Lipinski definition) is 1. The molecule has 0 radical (unpaired) electrons. The van der Waals surface area contributed by atoms with Gasteiger partial charge in [-0.2, -0.15) is 8.42 Å². The van der Waals surface area contributed by atoms with Crippen LogP contribution in [0.1, 0.15) is 39.2 Å². The molecule has 1 unspecified atom stereocenters. The second-order valence-electron chi connectivity index (χ2n) is 7.22. The summed E-state index contributed by atoms with van der Waals surface area (Å²) in [7, 11) is -1.18.